The van der Waals surface area contributed by atoms with Crippen molar-refractivity contribution in [2.45, 2.75) is 64.1 Å². The van der Waals surface area contributed by atoms with Crippen LogP contribution < -0.4 is 5.32 Å². The van der Waals surface area contributed by atoms with Gasteiger partial charge in [0, 0.05) is 12.9 Å². The predicted molar refractivity (Wildman–Crippen MR) is 133 cm³/mol. The Morgan fingerprint density at radius 1 is 1.00 bits per heavy atom. The third kappa shape index (κ3) is 4.84. The molecule has 1 aliphatic carbocycles. The summed E-state index contributed by atoms with van der Waals surface area (Å²) >= 11 is 0. The molecule has 1 saturated carbocycles. The van der Waals surface area contributed by atoms with Gasteiger partial charge < -0.3 is 10.1 Å². The van der Waals surface area contributed by atoms with E-state index in [0.29, 0.717) is 11.8 Å². The summed E-state index contributed by atoms with van der Waals surface area (Å²) in [6.45, 7) is 3.92. The molecule has 1 heterocycles. The molecule has 176 valence electrons. The largest absolute Gasteiger partial charge is 0.458 e. The molecule has 0 spiro atoms. The molecule has 4 rings (SSSR count). The van der Waals surface area contributed by atoms with Gasteiger partial charge in [-0.1, -0.05) is 30.3 Å². The van der Waals surface area contributed by atoms with Crippen LogP contribution in [0.15, 0.2) is 42.5 Å². The average Bonchev–Trinajstić information content (AvgIpc) is 2.75. The third-order valence-corrected chi connectivity index (χ3v) is 13.3. The summed E-state index contributed by atoms with van der Waals surface area (Å²) < 4.78 is 19.5. The van der Waals surface area contributed by atoms with Crippen LogP contribution in [0.1, 0.15) is 55.2 Å². The lowest BCUT2D eigenvalue weighted by Gasteiger charge is -2.50. The molecule has 6 heteroatoms. The molecule has 1 saturated heterocycles. The van der Waals surface area contributed by atoms with E-state index in [9.17, 15) is 14.0 Å². The van der Waals surface area contributed by atoms with Crippen molar-refractivity contribution in [3.8, 4) is 0 Å². The Morgan fingerprint density at radius 2 is 1.64 bits per heavy atom. The molecule has 1 aliphatic heterocycles. The number of benzene rings is 2. The van der Waals surface area contributed by atoms with E-state index in [1.165, 1.54) is 12.1 Å². The van der Waals surface area contributed by atoms with Crippen molar-refractivity contribution >= 4 is 24.8 Å². The van der Waals surface area contributed by atoms with Gasteiger partial charge in [-0.3, -0.25) is 4.79 Å². The second kappa shape index (κ2) is 9.93. The summed E-state index contributed by atoms with van der Waals surface area (Å²) in [7, 11) is -1.90. The molecule has 0 aromatic heterocycles. The molecular formula is C27H34FNO3P+. The number of anilines is 1. The highest BCUT2D eigenvalue weighted by molar-refractivity contribution is 7.79. The highest BCUT2D eigenvalue weighted by Crippen LogP contribution is 2.77. The Labute approximate surface area is 196 Å². The first-order valence-corrected chi connectivity index (χ1v) is 14.3. The average molecular weight is 471 g/mol. The summed E-state index contributed by atoms with van der Waals surface area (Å²) in [6.07, 6.45) is 8.31. The lowest BCUT2D eigenvalue weighted by molar-refractivity contribution is -0.141. The number of esters is 1. The number of ether oxygens (including phenoxy) is 1. The first kappa shape index (κ1) is 23.9. The summed E-state index contributed by atoms with van der Waals surface area (Å²) in [5.41, 5.74) is 3.14. The van der Waals surface area contributed by atoms with Gasteiger partial charge in [0.25, 0.3) is 5.91 Å². The minimum atomic E-state index is -1.90. The standard InChI is InChI=1S/C27H33FNO3P/c1-20-16-23(28)17-21(2)25(20)29-26(31)27(12-9-13-27)33(14-7-4-8-15-33)19-24(30)32-18-22-10-5-3-6-11-22/h3,5-6,10-11,16-17H,4,7-9,12-15,18-19H2,1-2H3/p+1. The maximum absolute atomic E-state index is 13.8. The maximum Gasteiger partial charge on any atom is 0.344 e. The van der Waals surface area contributed by atoms with Crippen molar-refractivity contribution in [2.75, 3.05) is 23.8 Å². The van der Waals surface area contributed by atoms with Crippen molar-refractivity contribution in [3.05, 3.63) is 65.0 Å². The molecule has 2 aliphatic rings. The SMILES string of the molecule is Cc1cc(F)cc(C)c1NC(=O)C1([P+]2(CC(=O)OCc3ccccc3)CCCCC2)CCC1. The van der Waals surface area contributed by atoms with Crippen molar-refractivity contribution in [2.24, 2.45) is 0 Å². The molecule has 1 amide bonds. The van der Waals surface area contributed by atoms with E-state index >= 15 is 0 Å². The van der Waals surface area contributed by atoms with Gasteiger partial charge in [0.05, 0.1) is 12.3 Å². The fraction of sp³-hybridized carbons (Fsp3) is 0.481. The fourth-order valence-electron chi connectivity index (χ4n) is 5.65. The van der Waals surface area contributed by atoms with Gasteiger partial charge in [-0.2, -0.15) is 0 Å². The zero-order valence-electron chi connectivity index (χ0n) is 19.7. The number of rotatable bonds is 7. The fourth-order valence-corrected chi connectivity index (χ4v) is 11.3. The Morgan fingerprint density at radius 3 is 2.21 bits per heavy atom. The summed E-state index contributed by atoms with van der Waals surface area (Å²) in [4.78, 5) is 26.9. The zero-order valence-corrected chi connectivity index (χ0v) is 20.6. The van der Waals surface area contributed by atoms with E-state index in [-0.39, 0.29) is 24.3 Å². The minimum absolute atomic E-state index is 0.0256. The van der Waals surface area contributed by atoms with Crippen LogP contribution in [0.4, 0.5) is 10.1 Å². The molecule has 0 unspecified atom stereocenters. The van der Waals surface area contributed by atoms with Crippen molar-refractivity contribution in [1.82, 2.24) is 0 Å². The topological polar surface area (TPSA) is 55.4 Å². The zero-order chi connectivity index (χ0) is 23.5. The maximum atomic E-state index is 13.8. The first-order chi connectivity index (χ1) is 15.9. The third-order valence-electron chi connectivity index (χ3n) is 7.59. The van der Waals surface area contributed by atoms with E-state index in [4.69, 9.17) is 4.74 Å². The van der Waals surface area contributed by atoms with E-state index in [1.54, 1.807) is 0 Å². The smallest absolute Gasteiger partial charge is 0.344 e. The minimum Gasteiger partial charge on any atom is -0.458 e. The van der Waals surface area contributed by atoms with Crippen molar-refractivity contribution in [3.63, 3.8) is 0 Å². The number of amides is 1. The summed E-state index contributed by atoms with van der Waals surface area (Å²) in [6, 6.07) is 12.6. The molecule has 1 N–H and O–H groups in total. The number of aryl methyl sites for hydroxylation is 2. The number of carbonyl (C=O) groups is 2. The number of hydrogen-bond donors (Lipinski definition) is 1. The van der Waals surface area contributed by atoms with Gasteiger partial charge >= 0.3 is 5.97 Å². The number of carbonyl (C=O) groups excluding carboxylic acids is 2. The number of halogens is 1. The molecule has 0 radical (unpaired) electrons. The van der Waals surface area contributed by atoms with Crippen molar-refractivity contribution in [1.29, 1.82) is 0 Å². The van der Waals surface area contributed by atoms with Crippen LogP contribution in [0.5, 0.6) is 0 Å². The van der Waals surface area contributed by atoms with E-state index < -0.39 is 12.4 Å². The van der Waals surface area contributed by atoms with Gasteiger partial charge in [-0.05, 0) is 81.2 Å². The lowest BCUT2D eigenvalue weighted by Crippen LogP contribution is -2.53. The molecule has 2 fully saturated rings. The van der Waals surface area contributed by atoms with Gasteiger partial charge in [-0.25, -0.2) is 9.18 Å². The monoisotopic (exact) mass is 470 g/mol. The molecule has 33 heavy (non-hydrogen) atoms. The molecule has 0 bridgehead atoms. The van der Waals surface area contributed by atoms with E-state index in [2.05, 4.69) is 5.32 Å². The van der Waals surface area contributed by atoms with Crippen LogP contribution in [0.3, 0.4) is 0 Å². The van der Waals surface area contributed by atoms with E-state index in [1.807, 2.05) is 44.2 Å². The van der Waals surface area contributed by atoms with E-state index in [0.717, 1.165) is 67.5 Å². The Kier molecular flexibility index (Phi) is 7.19. The van der Waals surface area contributed by atoms with Gasteiger partial charge in [-0.15, -0.1) is 0 Å². The Bertz CT molecular complexity index is 990. The van der Waals surface area contributed by atoms with Crippen LogP contribution in [0, 0.1) is 19.7 Å². The number of nitrogens with one attached hydrogen (secondary N) is 1. The molecular weight excluding hydrogens is 436 g/mol. The van der Waals surface area contributed by atoms with Crippen molar-refractivity contribution < 1.29 is 18.7 Å². The van der Waals surface area contributed by atoms with Crippen LogP contribution in [0.2, 0.25) is 0 Å². The van der Waals surface area contributed by atoms with Gasteiger partial charge in [0.15, 0.2) is 11.3 Å². The Balaban J connectivity index is 1.55. The highest BCUT2D eigenvalue weighted by Gasteiger charge is 2.66. The van der Waals surface area contributed by atoms with Gasteiger partial charge in [0.2, 0.25) is 0 Å². The predicted octanol–water partition coefficient (Wildman–Crippen LogP) is 6.25. The van der Waals surface area contributed by atoms with Gasteiger partial charge in [0.1, 0.15) is 12.4 Å². The molecule has 4 nitrogen and oxygen atoms in total. The van der Waals surface area contributed by atoms with Crippen LogP contribution in [0.25, 0.3) is 0 Å². The first-order valence-electron chi connectivity index (χ1n) is 12.0. The number of hydrogen-bond acceptors (Lipinski definition) is 3. The second-order valence-electron chi connectivity index (χ2n) is 9.71. The summed E-state index contributed by atoms with van der Waals surface area (Å²) in [5.74, 6) is -0.446. The molecule has 0 atom stereocenters. The summed E-state index contributed by atoms with van der Waals surface area (Å²) in [5, 5.41) is 2.71. The van der Waals surface area contributed by atoms with Crippen LogP contribution in [-0.4, -0.2) is 35.5 Å². The normalized spacial score (nSPS) is 18.8. The lowest BCUT2D eigenvalue weighted by atomic mass is 9.83. The molecule has 2 aromatic rings. The quantitative estimate of drug-likeness (QED) is 0.384. The molecule has 2 aromatic carbocycles. The highest BCUT2D eigenvalue weighted by atomic mass is 31.2. The second-order valence-corrected chi connectivity index (χ2v) is 14.1. The van der Waals surface area contributed by atoms with Crippen LogP contribution >= 0.6 is 7.26 Å². The van der Waals surface area contributed by atoms with Crippen LogP contribution in [-0.2, 0) is 20.9 Å². The Hall–Kier alpha value is -2.26.